The van der Waals surface area contributed by atoms with Crippen molar-refractivity contribution in [1.29, 1.82) is 0 Å². The number of carboxylic acid groups (broad SMARTS) is 2. The smallest absolute Gasteiger partial charge is 0.326 e. The molecule has 3 rings (SSSR count). The predicted octanol–water partition coefficient (Wildman–Crippen LogP) is 1.25. The number of carbonyl (C=O) groups excluding carboxylic acids is 1. The molecule has 2 aromatic rings. The number of benzene rings is 2. The summed E-state index contributed by atoms with van der Waals surface area (Å²) in [6.45, 7) is -0.113. The van der Waals surface area contributed by atoms with Crippen LogP contribution < -0.4 is 14.8 Å². The third kappa shape index (κ3) is 5.72. The second-order valence-electron chi connectivity index (χ2n) is 7.89. The zero-order chi connectivity index (χ0) is 25.8. The molecule has 1 aliphatic rings. The Balaban J connectivity index is 1.99. The highest BCUT2D eigenvalue weighted by Crippen LogP contribution is 2.34. The Hall–Kier alpha value is -3.64. The minimum Gasteiger partial charge on any atom is -0.493 e. The number of rotatable bonds is 10. The lowest BCUT2D eigenvalue weighted by Gasteiger charge is -2.35. The monoisotopic (exact) mass is 506 g/mol. The van der Waals surface area contributed by atoms with Gasteiger partial charge in [0.1, 0.15) is 12.1 Å². The van der Waals surface area contributed by atoms with Gasteiger partial charge in [-0.2, -0.15) is 4.31 Å². The van der Waals surface area contributed by atoms with E-state index in [9.17, 15) is 27.9 Å². The number of sulfonamides is 1. The van der Waals surface area contributed by atoms with E-state index in [0.29, 0.717) is 11.3 Å². The van der Waals surface area contributed by atoms with Crippen molar-refractivity contribution in [2.24, 2.45) is 0 Å². The zero-order valence-electron chi connectivity index (χ0n) is 19.1. The largest absolute Gasteiger partial charge is 0.493 e. The van der Waals surface area contributed by atoms with Crippen LogP contribution in [0.5, 0.6) is 11.5 Å². The van der Waals surface area contributed by atoms with Crippen LogP contribution in [0.3, 0.4) is 0 Å². The summed E-state index contributed by atoms with van der Waals surface area (Å²) in [4.78, 5) is 35.5. The molecule has 0 radical (unpaired) electrons. The highest BCUT2D eigenvalue weighted by molar-refractivity contribution is 7.89. The van der Waals surface area contributed by atoms with E-state index >= 15 is 0 Å². The number of amides is 1. The quantitative estimate of drug-likeness (QED) is 0.431. The number of aliphatic carboxylic acids is 2. The van der Waals surface area contributed by atoms with Gasteiger partial charge in [-0.25, -0.2) is 13.2 Å². The second kappa shape index (κ2) is 10.7. The van der Waals surface area contributed by atoms with Crippen molar-refractivity contribution in [1.82, 2.24) is 9.62 Å². The van der Waals surface area contributed by atoms with Gasteiger partial charge in [0.15, 0.2) is 11.5 Å². The van der Waals surface area contributed by atoms with E-state index < -0.39 is 46.4 Å². The van der Waals surface area contributed by atoms with E-state index in [2.05, 4.69) is 5.32 Å². The van der Waals surface area contributed by atoms with Crippen molar-refractivity contribution < 1.29 is 42.5 Å². The highest BCUT2D eigenvalue weighted by Gasteiger charge is 2.41. The Kier molecular flexibility index (Phi) is 7.97. The number of fused-ring (bicyclic) bond motifs is 1. The molecule has 0 spiro atoms. The fraction of sp³-hybridized carbons (Fsp3) is 0.348. The van der Waals surface area contributed by atoms with Crippen molar-refractivity contribution in [3.63, 3.8) is 0 Å². The van der Waals surface area contributed by atoms with Crippen molar-refractivity contribution in [3.05, 3.63) is 53.6 Å². The first-order chi connectivity index (χ1) is 16.6. The minimum absolute atomic E-state index is 0.0137. The molecule has 0 aromatic heterocycles. The van der Waals surface area contributed by atoms with Crippen LogP contribution in [0.15, 0.2) is 47.4 Å². The van der Waals surface area contributed by atoms with Gasteiger partial charge in [0.25, 0.3) is 0 Å². The topological polar surface area (TPSA) is 160 Å². The lowest BCUT2D eigenvalue weighted by Crippen LogP contribution is -2.55. The van der Waals surface area contributed by atoms with Crippen molar-refractivity contribution in [3.8, 4) is 11.5 Å². The number of hydrogen-bond acceptors (Lipinski definition) is 7. The van der Waals surface area contributed by atoms with Crippen LogP contribution in [0.2, 0.25) is 0 Å². The van der Waals surface area contributed by atoms with Crippen LogP contribution >= 0.6 is 0 Å². The van der Waals surface area contributed by atoms with E-state index in [-0.39, 0.29) is 30.0 Å². The Morgan fingerprint density at radius 2 is 1.71 bits per heavy atom. The molecule has 1 heterocycles. The summed E-state index contributed by atoms with van der Waals surface area (Å²) < 4.78 is 38.7. The molecule has 0 saturated carbocycles. The molecule has 0 bridgehead atoms. The number of hydrogen-bond donors (Lipinski definition) is 3. The van der Waals surface area contributed by atoms with E-state index in [1.54, 1.807) is 24.3 Å². The van der Waals surface area contributed by atoms with E-state index in [0.717, 1.165) is 9.87 Å². The lowest BCUT2D eigenvalue weighted by atomic mass is 9.95. The molecular weight excluding hydrogens is 480 g/mol. The molecule has 0 aliphatic carbocycles. The Morgan fingerprint density at radius 3 is 2.31 bits per heavy atom. The first-order valence-electron chi connectivity index (χ1n) is 10.6. The predicted molar refractivity (Wildman–Crippen MR) is 123 cm³/mol. The molecule has 0 saturated heterocycles. The maximum atomic E-state index is 13.7. The molecule has 1 aliphatic heterocycles. The fourth-order valence-corrected chi connectivity index (χ4v) is 5.46. The van der Waals surface area contributed by atoms with Gasteiger partial charge in [-0.05, 0) is 36.1 Å². The lowest BCUT2D eigenvalue weighted by molar-refractivity contribution is -0.143. The minimum atomic E-state index is -4.24. The summed E-state index contributed by atoms with van der Waals surface area (Å²) in [5, 5.41) is 20.6. The van der Waals surface area contributed by atoms with Crippen LogP contribution in [-0.4, -0.2) is 67.1 Å². The number of nitrogens with zero attached hydrogens (tertiary/aromatic N) is 1. The summed E-state index contributed by atoms with van der Waals surface area (Å²) in [5.41, 5.74) is 1.46. The molecule has 2 atom stereocenters. The number of carbonyl (C=O) groups is 3. The SMILES string of the molecule is COc1ccc(S(=O)(=O)N2Cc3ccccc3CC2C(=O)NC(CCC(=O)O)C(=O)O)cc1OC. The molecule has 188 valence electrons. The Morgan fingerprint density at radius 1 is 1.06 bits per heavy atom. The van der Waals surface area contributed by atoms with E-state index in [4.69, 9.17) is 14.6 Å². The molecule has 2 unspecified atom stereocenters. The maximum absolute atomic E-state index is 13.7. The van der Waals surface area contributed by atoms with E-state index in [1.165, 1.54) is 32.4 Å². The molecular formula is C23H26N2O9S. The number of carboxylic acids is 2. The van der Waals surface area contributed by atoms with Gasteiger partial charge in [0, 0.05) is 19.0 Å². The van der Waals surface area contributed by atoms with Gasteiger partial charge < -0.3 is 25.0 Å². The van der Waals surface area contributed by atoms with Crippen LogP contribution in [0.1, 0.15) is 24.0 Å². The van der Waals surface area contributed by atoms with Gasteiger partial charge in [-0.1, -0.05) is 24.3 Å². The van der Waals surface area contributed by atoms with Crippen LogP contribution in [0.4, 0.5) is 0 Å². The standard InChI is InChI=1S/C23H26N2O9S/c1-33-19-9-7-16(12-20(19)34-2)35(31,32)25-13-15-6-4-3-5-14(15)11-18(25)22(28)24-17(23(29)30)8-10-21(26)27/h3-7,9,12,17-18H,8,10-11,13H2,1-2H3,(H,24,28)(H,26,27)(H,29,30). The average molecular weight is 507 g/mol. The van der Waals surface area contributed by atoms with Crippen LogP contribution in [0.25, 0.3) is 0 Å². The zero-order valence-corrected chi connectivity index (χ0v) is 19.9. The highest BCUT2D eigenvalue weighted by atomic mass is 32.2. The molecule has 2 aromatic carbocycles. The third-order valence-corrected chi connectivity index (χ3v) is 7.58. The first-order valence-corrected chi connectivity index (χ1v) is 12.1. The number of methoxy groups -OCH3 is 2. The molecule has 0 fully saturated rings. The molecule has 1 amide bonds. The third-order valence-electron chi connectivity index (χ3n) is 5.73. The van der Waals surface area contributed by atoms with Gasteiger partial charge in [-0.15, -0.1) is 0 Å². The second-order valence-corrected chi connectivity index (χ2v) is 9.78. The summed E-state index contributed by atoms with van der Waals surface area (Å²) in [6.07, 6.45) is -0.805. The van der Waals surface area contributed by atoms with Crippen molar-refractivity contribution >= 4 is 27.9 Å². The molecule has 3 N–H and O–H groups in total. The molecule has 11 nitrogen and oxygen atoms in total. The van der Waals surface area contributed by atoms with Crippen LogP contribution in [0, 0.1) is 0 Å². The number of nitrogens with one attached hydrogen (secondary N) is 1. The number of ether oxygens (including phenoxy) is 2. The molecule has 12 heteroatoms. The summed E-state index contributed by atoms with van der Waals surface area (Å²) >= 11 is 0. The normalized spacial score (nSPS) is 16.6. The summed E-state index contributed by atoms with van der Waals surface area (Å²) in [6, 6.07) is 8.37. The Labute approximate surface area is 202 Å². The van der Waals surface area contributed by atoms with Crippen molar-refractivity contribution in [2.75, 3.05) is 14.2 Å². The van der Waals surface area contributed by atoms with Crippen molar-refractivity contribution in [2.45, 2.75) is 42.8 Å². The Bertz CT molecular complexity index is 1230. The summed E-state index contributed by atoms with van der Waals surface area (Å²) in [5.74, 6) is -2.94. The summed E-state index contributed by atoms with van der Waals surface area (Å²) in [7, 11) is -1.46. The van der Waals surface area contributed by atoms with Crippen LogP contribution in [-0.2, 0) is 37.4 Å². The average Bonchev–Trinajstić information content (AvgIpc) is 2.84. The van der Waals surface area contributed by atoms with Gasteiger partial charge in [-0.3, -0.25) is 9.59 Å². The van der Waals surface area contributed by atoms with E-state index in [1.807, 2.05) is 0 Å². The fourth-order valence-electron chi connectivity index (χ4n) is 3.88. The maximum Gasteiger partial charge on any atom is 0.326 e. The van der Waals surface area contributed by atoms with Gasteiger partial charge in [0.05, 0.1) is 19.1 Å². The van der Waals surface area contributed by atoms with Gasteiger partial charge in [0.2, 0.25) is 15.9 Å². The first kappa shape index (κ1) is 26.0. The van der Waals surface area contributed by atoms with Gasteiger partial charge >= 0.3 is 11.9 Å². The molecule has 35 heavy (non-hydrogen) atoms.